The molecule has 4 nitrogen and oxygen atoms in total. The third-order valence-electron chi connectivity index (χ3n) is 2.75. The fourth-order valence-corrected chi connectivity index (χ4v) is 2.41. The molecule has 2 rings (SSSR count). The molecule has 0 N–H and O–H groups in total. The van der Waals surface area contributed by atoms with Crippen LogP contribution in [0.25, 0.3) is 0 Å². The van der Waals surface area contributed by atoms with Crippen molar-refractivity contribution >= 4 is 37.5 Å². The lowest BCUT2D eigenvalue weighted by atomic mass is 10.2. The summed E-state index contributed by atoms with van der Waals surface area (Å²) in [5.74, 6) is 0.755. The van der Waals surface area contributed by atoms with E-state index in [1.165, 1.54) is 6.07 Å². The molecule has 104 valence electrons. The van der Waals surface area contributed by atoms with Gasteiger partial charge in [0.05, 0.1) is 9.40 Å². The zero-order valence-corrected chi connectivity index (χ0v) is 13.8. The van der Waals surface area contributed by atoms with E-state index in [-0.39, 0.29) is 12.3 Å². The molecule has 2 aromatic carbocycles. The van der Waals surface area contributed by atoms with E-state index in [1.54, 1.807) is 12.1 Å². The Kier molecular flexibility index (Phi) is 4.77. The van der Waals surface area contributed by atoms with Crippen LogP contribution in [0.4, 0.5) is 5.69 Å². The maximum Gasteiger partial charge on any atom is 0.283 e. The van der Waals surface area contributed by atoms with Crippen LogP contribution in [0.1, 0.15) is 11.1 Å². The average molecular weight is 401 g/mol. The predicted molar refractivity (Wildman–Crippen MR) is 84.0 cm³/mol. The van der Waals surface area contributed by atoms with Crippen molar-refractivity contribution in [1.82, 2.24) is 0 Å². The van der Waals surface area contributed by atoms with Crippen molar-refractivity contribution in [3.05, 3.63) is 66.6 Å². The van der Waals surface area contributed by atoms with Gasteiger partial charge in [-0.3, -0.25) is 10.1 Å². The summed E-state index contributed by atoms with van der Waals surface area (Å²) in [6.07, 6.45) is 0. The maximum absolute atomic E-state index is 10.9. The molecule has 0 amide bonds. The molecule has 0 spiro atoms. The lowest BCUT2D eigenvalue weighted by molar-refractivity contribution is -0.385. The monoisotopic (exact) mass is 399 g/mol. The van der Waals surface area contributed by atoms with Crippen LogP contribution < -0.4 is 4.74 Å². The number of hydrogen-bond donors (Lipinski definition) is 0. The van der Waals surface area contributed by atoms with Crippen LogP contribution in [0.3, 0.4) is 0 Å². The molecule has 0 aliphatic rings. The third-order valence-corrected chi connectivity index (χ3v) is 3.92. The minimum atomic E-state index is -0.419. The van der Waals surface area contributed by atoms with Gasteiger partial charge in [0.25, 0.3) is 5.69 Å². The van der Waals surface area contributed by atoms with Crippen LogP contribution in [0.5, 0.6) is 5.75 Å². The van der Waals surface area contributed by atoms with E-state index < -0.39 is 4.92 Å². The zero-order chi connectivity index (χ0) is 14.7. The summed E-state index contributed by atoms with van der Waals surface area (Å²) in [5, 5.41) is 10.9. The molecule has 0 heterocycles. The standard InChI is InChI=1S/C14H11Br2NO3/c1-9-2-4-11(15)7-14(9)20-8-10-3-5-12(16)13(6-10)17(18)19/h2-7H,8H2,1H3. The minimum Gasteiger partial charge on any atom is -0.489 e. The van der Waals surface area contributed by atoms with Gasteiger partial charge in [-0.1, -0.05) is 28.1 Å². The molecule has 0 bridgehead atoms. The van der Waals surface area contributed by atoms with E-state index in [9.17, 15) is 10.1 Å². The molecule has 0 fully saturated rings. The second-order valence-electron chi connectivity index (χ2n) is 4.24. The van der Waals surface area contributed by atoms with E-state index in [4.69, 9.17) is 4.74 Å². The Bertz CT molecular complexity index is 659. The minimum absolute atomic E-state index is 0.0389. The largest absolute Gasteiger partial charge is 0.489 e. The van der Waals surface area contributed by atoms with Crippen molar-refractivity contribution < 1.29 is 9.66 Å². The Morgan fingerprint density at radius 3 is 2.65 bits per heavy atom. The molecule has 20 heavy (non-hydrogen) atoms. The average Bonchev–Trinajstić information content (AvgIpc) is 2.41. The molecule has 0 saturated heterocycles. The van der Waals surface area contributed by atoms with Crippen LogP contribution in [-0.4, -0.2) is 4.92 Å². The number of aryl methyl sites for hydroxylation is 1. The van der Waals surface area contributed by atoms with Crippen molar-refractivity contribution in [2.24, 2.45) is 0 Å². The van der Waals surface area contributed by atoms with Crippen LogP contribution in [0.15, 0.2) is 45.3 Å². The summed E-state index contributed by atoms with van der Waals surface area (Å²) in [6.45, 7) is 2.23. The Hall–Kier alpha value is -1.40. The van der Waals surface area contributed by atoms with Crippen molar-refractivity contribution in [3.8, 4) is 5.75 Å². The smallest absolute Gasteiger partial charge is 0.283 e. The summed E-state index contributed by atoms with van der Waals surface area (Å²) in [5.41, 5.74) is 1.80. The Morgan fingerprint density at radius 2 is 1.95 bits per heavy atom. The summed E-state index contributed by atoms with van der Waals surface area (Å²) in [7, 11) is 0. The van der Waals surface area contributed by atoms with Gasteiger partial charge < -0.3 is 4.74 Å². The SMILES string of the molecule is Cc1ccc(Br)cc1OCc1ccc(Br)c([N+](=O)[O-])c1. The molecular formula is C14H11Br2NO3. The van der Waals surface area contributed by atoms with E-state index in [0.717, 1.165) is 21.3 Å². The van der Waals surface area contributed by atoms with Gasteiger partial charge in [0, 0.05) is 10.5 Å². The highest BCUT2D eigenvalue weighted by atomic mass is 79.9. The van der Waals surface area contributed by atoms with Crippen molar-refractivity contribution in [1.29, 1.82) is 0 Å². The molecule has 0 unspecified atom stereocenters. The molecular weight excluding hydrogens is 390 g/mol. The van der Waals surface area contributed by atoms with Crippen LogP contribution in [-0.2, 0) is 6.61 Å². The second-order valence-corrected chi connectivity index (χ2v) is 6.01. The third kappa shape index (κ3) is 3.58. The Balaban J connectivity index is 2.17. The van der Waals surface area contributed by atoms with Gasteiger partial charge in [0.1, 0.15) is 12.4 Å². The van der Waals surface area contributed by atoms with Crippen molar-refractivity contribution in [3.63, 3.8) is 0 Å². The van der Waals surface area contributed by atoms with Crippen LogP contribution in [0, 0.1) is 17.0 Å². The quantitative estimate of drug-likeness (QED) is 0.535. The Labute approximate surface area is 133 Å². The number of benzene rings is 2. The number of halogens is 2. The number of nitrogens with zero attached hydrogens (tertiary/aromatic N) is 1. The number of ether oxygens (including phenoxy) is 1. The molecule has 0 aliphatic carbocycles. The molecule has 0 aliphatic heterocycles. The number of nitro groups is 1. The first-order valence-electron chi connectivity index (χ1n) is 5.79. The van der Waals surface area contributed by atoms with Gasteiger partial charge in [-0.05, 0) is 52.2 Å². The molecule has 0 radical (unpaired) electrons. The van der Waals surface area contributed by atoms with Gasteiger partial charge in [-0.2, -0.15) is 0 Å². The molecule has 0 saturated carbocycles. The zero-order valence-electron chi connectivity index (χ0n) is 10.6. The first-order valence-corrected chi connectivity index (χ1v) is 7.38. The van der Waals surface area contributed by atoms with Crippen molar-refractivity contribution in [2.45, 2.75) is 13.5 Å². The molecule has 0 aromatic heterocycles. The van der Waals surface area contributed by atoms with Gasteiger partial charge in [0.2, 0.25) is 0 Å². The lowest BCUT2D eigenvalue weighted by Gasteiger charge is -2.09. The summed E-state index contributed by atoms with van der Waals surface area (Å²) >= 11 is 6.55. The first-order chi connectivity index (χ1) is 9.47. The highest BCUT2D eigenvalue weighted by Crippen LogP contribution is 2.27. The topological polar surface area (TPSA) is 52.4 Å². The highest BCUT2D eigenvalue weighted by molar-refractivity contribution is 9.10. The van der Waals surface area contributed by atoms with Gasteiger partial charge in [-0.25, -0.2) is 0 Å². The van der Waals surface area contributed by atoms with E-state index in [1.807, 2.05) is 25.1 Å². The van der Waals surface area contributed by atoms with E-state index in [2.05, 4.69) is 31.9 Å². The number of nitro benzene ring substituents is 1. The maximum atomic E-state index is 10.9. The predicted octanol–water partition coefficient (Wildman–Crippen LogP) is 5.01. The molecule has 0 atom stereocenters. The second kappa shape index (κ2) is 6.37. The van der Waals surface area contributed by atoms with E-state index >= 15 is 0 Å². The fourth-order valence-electron chi connectivity index (χ4n) is 1.68. The normalized spacial score (nSPS) is 10.3. The Morgan fingerprint density at radius 1 is 1.20 bits per heavy atom. The van der Waals surface area contributed by atoms with E-state index in [0.29, 0.717) is 4.47 Å². The number of rotatable bonds is 4. The van der Waals surface area contributed by atoms with Crippen LogP contribution >= 0.6 is 31.9 Å². The van der Waals surface area contributed by atoms with Crippen molar-refractivity contribution in [2.75, 3.05) is 0 Å². The fraction of sp³-hybridized carbons (Fsp3) is 0.143. The summed E-state index contributed by atoms with van der Waals surface area (Å²) in [6, 6.07) is 10.7. The molecule has 6 heteroatoms. The van der Waals surface area contributed by atoms with Crippen LogP contribution in [0.2, 0.25) is 0 Å². The highest BCUT2D eigenvalue weighted by Gasteiger charge is 2.12. The van der Waals surface area contributed by atoms with Gasteiger partial charge in [-0.15, -0.1) is 0 Å². The van der Waals surface area contributed by atoms with Gasteiger partial charge >= 0.3 is 0 Å². The lowest BCUT2D eigenvalue weighted by Crippen LogP contribution is -1.98. The number of hydrogen-bond acceptors (Lipinski definition) is 3. The molecule has 2 aromatic rings. The van der Waals surface area contributed by atoms with Gasteiger partial charge in [0.15, 0.2) is 0 Å². The summed E-state index contributed by atoms with van der Waals surface area (Å²) in [4.78, 5) is 10.5. The summed E-state index contributed by atoms with van der Waals surface area (Å²) < 4.78 is 7.10. The first kappa shape index (κ1) is 15.0.